The van der Waals surface area contributed by atoms with Crippen molar-refractivity contribution < 1.29 is 13.9 Å². The molecule has 0 bridgehead atoms. The smallest absolute Gasteiger partial charge is 0.317 e. The van der Waals surface area contributed by atoms with Gasteiger partial charge in [-0.2, -0.15) is 0 Å². The number of aryl methyl sites for hydroxylation is 1. The van der Waals surface area contributed by atoms with Crippen LogP contribution in [-0.4, -0.2) is 59.3 Å². The molecule has 0 unspecified atom stereocenters. The minimum atomic E-state index is -0.981. The third kappa shape index (κ3) is 4.66. The summed E-state index contributed by atoms with van der Waals surface area (Å²) in [6.45, 7) is 4.66. The van der Waals surface area contributed by atoms with Crippen LogP contribution in [0.25, 0.3) is 11.5 Å². The van der Waals surface area contributed by atoms with Crippen LogP contribution in [0.15, 0.2) is 76.1 Å². The van der Waals surface area contributed by atoms with Crippen molar-refractivity contribution in [2.75, 3.05) is 41.8 Å². The SMILES string of the molecule is Cc1ccc(-c2nnc(N[C@H]3N=C(c4ccccc4)c4ccccc4NC3=O)o2)c(N2CCOCC2)n1. The molecule has 4 heterocycles. The highest BCUT2D eigenvalue weighted by atomic mass is 16.5. The molecule has 37 heavy (non-hydrogen) atoms. The van der Waals surface area contributed by atoms with Gasteiger partial charge in [-0.15, -0.1) is 5.10 Å². The Morgan fingerprint density at radius 1 is 0.946 bits per heavy atom. The van der Waals surface area contributed by atoms with Crippen molar-refractivity contribution in [1.82, 2.24) is 15.2 Å². The van der Waals surface area contributed by atoms with Crippen molar-refractivity contribution in [1.29, 1.82) is 0 Å². The molecule has 1 fully saturated rings. The van der Waals surface area contributed by atoms with E-state index in [1.165, 1.54) is 0 Å². The van der Waals surface area contributed by atoms with Crippen molar-refractivity contribution >= 4 is 29.1 Å². The molecule has 10 heteroatoms. The molecular weight excluding hydrogens is 470 g/mol. The maximum absolute atomic E-state index is 13.1. The van der Waals surface area contributed by atoms with Gasteiger partial charge in [0, 0.05) is 29.9 Å². The minimum Gasteiger partial charge on any atom is -0.403 e. The molecule has 1 saturated heterocycles. The lowest BCUT2D eigenvalue weighted by atomic mass is 10.0. The third-order valence-electron chi connectivity index (χ3n) is 6.23. The number of hydrogen-bond acceptors (Lipinski definition) is 9. The van der Waals surface area contributed by atoms with Crippen LogP contribution in [0.1, 0.15) is 16.8 Å². The van der Waals surface area contributed by atoms with Gasteiger partial charge >= 0.3 is 6.01 Å². The van der Waals surface area contributed by atoms with Crippen molar-refractivity contribution in [2.24, 2.45) is 4.99 Å². The highest BCUT2D eigenvalue weighted by Crippen LogP contribution is 2.31. The van der Waals surface area contributed by atoms with Gasteiger partial charge in [-0.3, -0.25) is 4.79 Å². The molecule has 186 valence electrons. The molecule has 6 rings (SSSR count). The standard InChI is InChI=1S/C27H25N7O3/c1-17-11-12-20(24(28-17)34-13-15-36-16-14-34)26-32-33-27(37-26)31-23-25(35)29-21-10-6-5-9-19(21)22(30-23)18-7-3-2-4-8-18/h2-12,23H,13-16H2,1H3,(H,29,35)(H,31,33)/t23-/m1/s1. The van der Waals surface area contributed by atoms with Gasteiger partial charge in [-0.05, 0) is 25.1 Å². The Balaban J connectivity index is 1.32. The number of pyridine rings is 1. The van der Waals surface area contributed by atoms with Crippen LogP contribution in [0.3, 0.4) is 0 Å². The van der Waals surface area contributed by atoms with Gasteiger partial charge in [0.05, 0.1) is 30.2 Å². The Kier molecular flexibility index (Phi) is 6.07. The van der Waals surface area contributed by atoms with Crippen LogP contribution in [0, 0.1) is 6.92 Å². The summed E-state index contributed by atoms with van der Waals surface area (Å²) in [4.78, 5) is 24.8. The number of benzodiazepines with no additional fused rings is 1. The fraction of sp³-hybridized carbons (Fsp3) is 0.222. The largest absolute Gasteiger partial charge is 0.403 e. The van der Waals surface area contributed by atoms with Gasteiger partial charge < -0.3 is 24.7 Å². The number of nitrogens with one attached hydrogen (secondary N) is 2. The van der Waals surface area contributed by atoms with Crippen LogP contribution >= 0.6 is 0 Å². The molecule has 2 aromatic carbocycles. The number of fused-ring (bicyclic) bond motifs is 1. The number of amides is 1. The number of carbonyl (C=O) groups excluding carboxylic acids is 1. The predicted octanol–water partition coefficient (Wildman–Crippen LogP) is 3.50. The first kappa shape index (κ1) is 22.9. The lowest BCUT2D eigenvalue weighted by molar-refractivity contribution is -0.116. The number of morpholine rings is 1. The van der Waals surface area contributed by atoms with E-state index < -0.39 is 6.17 Å². The van der Waals surface area contributed by atoms with Gasteiger partial charge in [0.25, 0.3) is 11.8 Å². The summed E-state index contributed by atoms with van der Waals surface area (Å²) < 4.78 is 11.5. The molecule has 0 spiro atoms. The average Bonchev–Trinajstić information content (AvgIpc) is 3.35. The molecule has 0 aliphatic carbocycles. The molecule has 1 atom stereocenters. The first-order valence-corrected chi connectivity index (χ1v) is 12.1. The monoisotopic (exact) mass is 495 g/mol. The Hall–Kier alpha value is -4.57. The van der Waals surface area contributed by atoms with Gasteiger partial charge in [-0.25, -0.2) is 9.98 Å². The highest BCUT2D eigenvalue weighted by molar-refractivity contribution is 6.19. The van der Waals surface area contributed by atoms with Gasteiger partial charge in [0.2, 0.25) is 6.17 Å². The van der Waals surface area contributed by atoms with Gasteiger partial charge in [0.15, 0.2) is 0 Å². The molecule has 0 saturated carbocycles. The summed E-state index contributed by atoms with van der Waals surface area (Å²) in [5.74, 6) is 0.746. The second-order valence-electron chi connectivity index (χ2n) is 8.76. The number of rotatable bonds is 5. The summed E-state index contributed by atoms with van der Waals surface area (Å²) >= 11 is 0. The normalized spacial score (nSPS) is 17.4. The topological polar surface area (TPSA) is 118 Å². The number of aromatic nitrogens is 3. The third-order valence-corrected chi connectivity index (χ3v) is 6.23. The second-order valence-corrected chi connectivity index (χ2v) is 8.76. The summed E-state index contributed by atoms with van der Waals surface area (Å²) in [5, 5.41) is 14.4. The molecule has 0 radical (unpaired) electrons. The Morgan fingerprint density at radius 3 is 2.57 bits per heavy atom. The zero-order valence-corrected chi connectivity index (χ0v) is 20.2. The van der Waals surface area contributed by atoms with Crippen LogP contribution in [0.4, 0.5) is 17.5 Å². The van der Waals surface area contributed by atoms with Crippen molar-refractivity contribution in [3.05, 3.63) is 83.6 Å². The minimum absolute atomic E-state index is 0.0887. The molecule has 4 aromatic rings. The van der Waals surface area contributed by atoms with E-state index in [9.17, 15) is 4.79 Å². The Morgan fingerprint density at radius 2 is 1.73 bits per heavy atom. The Bertz CT molecular complexity index is 1460. The maximum atomic E-state index is 13.1. The van der Waals surface area contributed by atoms with E-state index in [0.717, 1.165) is 41.3 Å². The summed E-state index contributed by atoms with van der Waals surface area (Å²) in [6.07, 6.45) is -0.981. The van der Waals surface area contributed by atoms with Crippen LogP contribution in [0.2, 0.25) is 0 Å². The lowest BCUT2D eigenvalue weighted by Crippen LogP contribution is -2.37. The van der Waals surface area contributed by atoms with E-state index in [0.29, 0.717) is 30.5 Å². The van der Waals surface area contributed by atoms with Crippen molar-refractivity contribution in [3.8, 4) is 11.5 Å². The quantitative estimate of drug-likeness (QED) is 0.432. The zero-order chi connectivity index (χ0) is 25.2. The zero-order valence-electron chi connectivity index (χ0n) is 20.2. The molecular formula is C27H25N7O3. The van der Waals surface area contributed by atoms with Crippen LogP contribution < -0.4 is 15.5 Å². The number of nitrogens with zero attached hydrogens (tertiary/aromatic N) is 5. The maximum Gasteiger partial charge on any atom is 0.317 e. The number of ether oxygens (including phenoxy) is 1. The molecule has 2 aliphatic heterocycles. The number of hydrogen-bond donors (Lipinski definition) is 2. The van der Waals surface area contributed by atoms with E-state index in [1.54, 1.807) is 0 Å². The summed E-state index contributed by atoms with van der Waals surface area (Å²) in [7, 11) is 0. The van der Waals surface area contributed by atoms with Crippen LogP contribution in [-0.2, 0) is 9.53 Å². The lowest BCUT2D eigenvalue weighted by Gasteiger charge is -2.29. The first-order chi connectivity index (χ1) is 18.2. The van der Waals surface area contributed by atoms with E-state index in [2.05, 4.69) is 25.7 Å². The molecule has 2 aliphatic rings. The molecule has 2 N–H and O–H groups in total. The number of benzene rings is 2. The van der Waals surface area contributed by atoms with Gasteiger partial charge in [0.1, 0.15) is 5.82 Å². The average molecular weight is 496 g/mol. The number of para-hydroxylation sites is 1. The van der Waals surface area contributed by atoms with Gasteiger partial charge in [-0.1, -0.05) is 53.6 Å². The molecule has 1 amide bonds. The Labute approximate surface area is 213 Å². The van der Waals surface area contributed by atoms with Crippen molar-refractivity contribution in [3.63, 3.8) is 0 Å². The fourth-order valence-corrected chi connectivity index (χ4v) is 4.41. The number of carbonyl (C=O) groups is 1. The fourth-order valence-electron chi connectivity index (χ4n) is 4.41. The van der Waals surface area contributed by atoms with E-state index in [-0.39, 0.29) is 11.9 Å². The summed E-state index contributed by atoms with van der Waals surface area (Å²) in [6, 6.07) is 21.3. The number of aliphatic imine (C=N–C) groups is 1. The van der Waals surface area contributed by atoms with Crippen LogP contribution in [0.5, 0.6) is 0 Å². The highest BCUT2D eigenvalue weighted by Gasteiger charge is 2.28. The second kappa shape index (κ2) is 9.82. The van der Waals surface area contributed by atoms with E-state index >= 15 is 0 Å². The van der Waals surface area contributed by atoms with E-state index in [1.807, 2.05) is 73.7 Å². The first-order valence-electron chi connectivity index (χ1n) is 12.1. The predicted molar refractivity (Wildman–Crippen MR) is 140 cm³/mol. The van der Waals surface area contributed by atoms with Crippen molar-refractivity contribution in [2.45, 2.75) is 13.1 Å². The number of anilines is 3. The molecule has 10 nitrogen and oxygen atoms in total. The summed E-state index contributed by atoms with van der Waals surface area (Å²) in [5.41, 5.74) is 4.71. The van der Waals surface area contributed by atoms with E-state index in [4.69, 9.17) is 19.1 Å². The molecule has 2 aromatic heterocycles.